The summed E-state index contributed by atoms with van der Waals surface area (Å²) in [5.74, 6) is 3.35. The molecule has 0 atom stereocenters. The van der Waals surface area contributed by atoms with Gasteiger partial charge in [-0.15, -0.1) is 0 Å². The van der Waals surface area contributed by atoms with Gasteiger partial charge in [0.05, 0.1) is 27.8 Å². The van der Waals surface area contributed by atoms with E-state index in [1.165, 1.54) is 47.8 Å². The van der Waals surface area contributed by atoms with Gasteiger partial charge < -0.3 is 18.6 Å². The molecule has 0 saturated carbocycles. The molecule has 2 aliphatic heterocycles. The van der Waals surface area contributed by atoms with E-state index < -0.39 is 8.07 Å². The van der Waals surface area contributed by atoms with E-state index in [0.717, 1.165) is 78.4 Å². The van der Waals surface area contributed by atoms with Gasteiger partial charge in [0.15, 0.2) is 8.07 Å². The molecule has 15 rings (SSSR count). The molecule has 0 unspecified atom stereocenters. The summed E-state index contributed by atoms with van der Waals surface area (Å²) in [5.41, 5.74) is 12.3. The molecule has 0 bridgehead atoms. The van der Waals surface area contributed by atoms with Crippen LogP contribution in [0.15, 0.2) is 261 Å². The van der Waals surface area contributed by atoms with Crippen molar-refractivity contribution in [2.75, 3.05) is 0 Å². The summed E-state index contributed by atoms with van der Waals surface area (Å²) in [5, 5.41) is 10.1. The average Bonchev–Trinajstić information content (AvgIpc) is 3.97. The maximum atomic E-state index is 7.30. The van der Waals surface area contributed by atoms with Crippen LogP contribution in [0.5, 0.6) is 23.0 Å². The van der Waals surface area contributed by atoms with E-state index in [1.54, 1.807) is 0 Å². The zero-order valence-corrected chi connectivity index (χ0v) is 40.1. The zero-order valence-electron chi connectivity index (χ0n) is 39.1. The van der Waals surface area contributed by atoms with Gasteiger partial charge in [0, 0.05) is 38.8 Å². The van der Waals surface area contributed by atoms with Crippen LogP contribution >= 0.6 is 0 Å². The Balaban J connectivity index is 1.07. The number of aromatic nitrogens is 2. The third kappa shape index (κ3) is 5.87. The van der Waals surface area contributed by atoms with Gasteiger partial charge in [0.2, 0.25) is 0 Å². The predicted molar refractivity (Wildman–Crippen MR) is 302 cm³/mol. The molecule has 0 spiro atoms. The lowest BCUT2D eigenvalue weighted by molar-refractivity contribution is 0.464. The summed E-state index contributed by atoms with van der Waals surface area (Å²) in [6.45, 7) is -0.148. The third-order valence-corrected chi connectivity index (χ3v) is 20.1. The van der Waals surface area contributed by atoms with Crippen molar-refractivity contribution < 1.29 is 9.47 Å². The molecule has 13 aromatic rings. The van der Waals surface area contributed by atoms with Crippen LogP contribution in [0.4, 0.5) is 0 Å². The summed E-state index contributed by atoms with van der Waals surface area (Å²) in [4.78, 5) is 0. The Bertz CT molecular complexity index is 4190. The van der Waals surface area contributed by atoms with E-state index >= 15 is 0 Å². The highest BCUT2D eigenvalue weighted by Gasteiger charge is 2.44. The molecule has 72 heavy (non-hydrogen) atoms. The molecule has 336 valence electrons. The third-order valence-electron chi connectivity index (χ3n) is 15.4. The van der Waals surface area contributed by atoms with Crippen molar-refractivity contribution in [3.05, 3.63) is 261 Å². The Hall–Kier alpha value is -9.10. The van der Waals surface area contributed by atoms with Crippen LogP contribution in [0, 0.1) is 0 Å². The lowest BCUT2D eigenvalue weighted by Gasteiger charge is -2.36. The van der Waals surface area contributed by atoms with E-state index in [1.807, 2.05) is 6.07 Å². The number of para-hydroxylation sites is 4. The van der Waals surface area contributed by atoms with Crippen LogP contribution in [-0.2, 0) is 0 Å². The quantitative estimate of drug-likeness (QED) is 0.118. The van der Waals surface area contributed by atoms with E-state index in [4.69, 9.17) is 9.47 Å². The van der Waals surface area contributed by atoms with Crippen molar-refractivity contribution >= 4 is 95.5 Å². The number of hydrogen-bond acceptors (Lipinski definition) is 2. The highest BCUT2D eigenvalue weighted by Crippen LogP contribution is 2.44. The van der Waals surface area contributed by atoms with Crippen LogP contribution in [0.2, 0.25) is 0 Å². The Labute approximate surface area is 418 Å². The first-order chi connectivity index (χ1) is 35.7. The van der Waals surface area contributed by atoms with Gasteiger partial charge in [-0.3, -0.25) is 0 Å². The van der Waals surface area contributed by atoms with Crippen LogP contribution in [0.3, 0.4) is 0 Å². The molecule has 11 aromatic carbocycles. The molecule has 0 N–H and O–H groups in total. The molecule has 6 heteroatoms. The van der Waals surface area contributed by atoms with E-state index in [9.17, 15) is 0 Å². The molecule has 2 aromatic heterocycles. The minimum absolute atomic E-state index is 0.148. The van der Waals surface area contributed by atoms with Gasteiger partial charge in [-0.2, -0.15) is 0 Å². The van der Waals surface area contributed by atoms with Crippen LogP contribution in [-0.4, -0.2) is 23.9 Å². The van der Waals surface area contributed by atoms with Gasteiger partial charge >= 0.3 is 0 Å². The molecule has 4 heterocycles. The van der Waals surface area contributed by atoms with Crippen molar-refractivity contribution in [3.63, 3.8) is 0 Å². The highest BCUT2D eigenvalue weighted by molar-refractivity contribution is 7.20. The maximum absolute atomic E-state index is 7.30. The summed E-state index contributed by atoms with van der Waals surface area (Å²) in [6, 6.07) is 95.7. The van der Waals surface area contributed by atoms with Gasteiger partial charge in [0.1, 0.15) is 23.0 Å². The normalized spacial score (nSPS) is 12.6. The zero-order chi connectivity index (χ0) is 47.3. The Kier molecular flexibility index (Phi) is 9.04. The maximum Gasteiger partial charge on any atom is 0.261 e. The number of benzene rings is 11. The molecule has 0 amide bonds. The second kappa shape index (κ2) is 16.0. The summed E-state index contributed by atoms with van der Waals surface area (Å²) in [7, 11) is -2.92. The minimum Gasteiger partial charge on any atom is -0.458 e. The molecule has 0 radical (unpaired) electrons. The molecule has 4 nitrogen and oxygen atoms in total. The first-order valence-corrected chi connectivity index (χ1v) is 26.8. The summed E-state index contributed by atoms with van der Waals surface area (Å²) >= 11 is 0. The standard InChI is InChI=1S/C66H43BN2O2Si/c1-5-22-45(23-6-1)68-57-35-17-14-32-53(57)63-58(68)40-39-52-51-31-13-16-34-56(51)69(66(52)63)46-42-54(64-62(43-46)71-61-38-20-37-60-65(61)67(64)55-33-15-18-36-59(55)70-60)44-21-19-30-50(41-44)72(47-24-7-2-8-25-47,48-26-9-3-10-27-48)49-28-11-4-12-29-49/h1-43H. The van der Waals surface area contributed by atoms with Crippen molar-refractivity contribution in [2.45, 2.75) is 0 Å². The van der Waals surface area contributed by atoms with Crippen molar-refractivity contribution in [3.8, 4) is 45.5 Å². The van der Waals surface area contributed by atoms with Gasteiger partial charge in [-0.05, 0) is 97.4 Å². The second-order valence-electron chi connectivity index (χ2n) is 19.1. The molecule has 2 aliphatic rings. The number of ether oxygens (including phenoxy) is 2. The summed E-state index contributed by atoms with van der Waals surface area (Å²) < 4.78 is 18.9. The van der Waals surface area contributed by atoms with Crippen molar-refractivity contribution in [1.29, 1.82) is 0 Å². The smallest absolute Gasteiger partial charge is 0.261 e. The van der Waals surface area contributed by atoms with Crippen molar-refractivity contribution in [2.24, 2.45) is 0 Å². The van der Waals surface area contributed by atoms with Crippen LogP contribution in [0.1, 0.15) is 0 Å². The highest BCUT2D eigenvalue weighted by atomic mass is 28.3. The first kappa shape index (κ1) is 40.8. The Morgan fingerprint density at radius 3 is 1.57 bits per heavy atom. The number of nitrogens with zero attached hydrogens (tertiary/aromatic N) is 2. The predicted octanol–water partition coefficient (Wildman–Crippen LogP) is 11.7. The largest absolute Gasteiger partial charge is 0.458 e. The molecular formula is C66H43BN2O2Si. The fraction of sp³-hybridized carbons (Fsp3) is 0. The Morgan fingerprint density at radius 1 is 0.333 bits per heavy atom. The van der Waals surface area contributed by atoms with Crippen molar-refractivity contribution in [1.82, 2.24) is 9.13 Å². The lowest BCUT2D eigenvalue weighted by Crippen LogP contribution is -2.74. The molecule has 0 fully saturated rings. The number of fused-ring (bicyclic) bond motifs is 11. The van der Waals surface area contributed by atoms with E-state index in [-0.39, 0.29) is 6.71 Å². The van der Waals surface area contributed by atoms with Gasteiger partial charge in [-0.1, -0.05) is 200 Å². The molecule has 0 saturated heterocycles. The van der Waals surface area contributed by atoms with E-state index in [2.05, 4.69) is 264 Å². The fourth-order valence-corrected chi connectivity index (χ4v) is 17.3. The topological polar surface area (TPSA) is 28.3 Å². The van der Waals surface area contributed by atoms with Gasteiger partial charge in [-0.25, -0.2) is 0 Å². The first-order valence-electron chi connectivity index (χ1n) is 24.8. The SMILES string of the molecule is c1ccc(-n2c3ccccc3c3c2ccc2c4ccccc4n(-c4cc5c(c(-c6cccc([Si](c7ccccc7)(c7ccccc7)c7ccccc7)c6)c4)B4c6ccccc6Oc6cccc(c64)O5)c23)cc1. The molecule has 0 aliphatic carbocycles. The monoisotopic (exact) mass is 934 g/mol. The van der Waals surface area contributed by atoms with Crippen LogP contribution in [0.25, 0.3) is 66.1 Å². The molecular weight excluding hydrogens is 892 g/mol. The Morgan fingerprint density at radius 2 is 0.875 bits per heavy atom. The lowest BCUT2D eigenvalue weighted by atomic mass is 9.34. The number of hydrogen-bond donors (Lipinski definition) is 0. The van der Waals surface area contributed by atoms with Crippen LogP contribution < -0.4 is 46.6 Å². The van der Waals surface area contributed by atoms with E-state index in [0.29, 0.717) is 0 Å². The minimum atomic E-state index is -2.92. The second-order valence-corrected chi connectivity index (χ2v) is 22.9. The summed E-state index contributed by atoms with van der Waals surface area (Å²) in [6.07, 6.45) is 0. The fourth-order valence-electron chi connectivity index (χ4n) is 12.5. The average molecular weight is 935 g/mol. The number of rotatable bonds is 7. The van der Waals surface area contributed by atoms with Gasteiger partial charge in [0.25, 0.3) is 6.71 Å².